The minimum atomic E-state index is 0.311. The Kier molecular flexibility index (Phi) is 3.25. The molecule has 0 fully saturated rings. The van der Waals surface area contributed by atoms with Crippen LogP contribution >= 0.6 is 0 Å². The van der Waals surface area contributed by atoms with Crippen LogP contribution in [0.4, 0.5) is 0 Å². The molecule has 2 aromatic rings. The summed E-state index contributed by atoms with van der Waals surface area (Å²) in [6.07, 6.45) is 4.98. The number of ether oxygens (including phenoxy) is 1. The lowest BCUT2D eigenvalue weighted by atomic mass is 10.1. The number of aromatic nitrogens is 2. The third-order valence-electron chi connectivity index (χ3n) is 3.39. The van der Waals surface area contributed by atoms with Crippen LogP contribution in [0.1, 0.15) is 23.9 Å². The molecule has 0 radical (unpaired) electrons. The number of hydrogen-bond acceptors (Lipinski definition) is 3. The van der Waals surface area contributed by atoms with Crippen molar-refractivity contribution in [1.82, 2.24) is 14.9 Å². The van der Waals surface area contributed by atoms with Gasteiger partial charge in [0.1, 0.15) is 17.7 Å². The predicted molar refractivity (Wildman–Crippen MR) is 74.0 cm³/mol. The van der Waals surface area contributed by atoms with E-state index >= 15 is 0 Å². The SMILES string of the molecule is C[C@H]1Cc2cc(CN(C)Cc3ncc[nH]3)ccc2O1. The van der Waals surface area contributed by atoms with Gasteiger partial charge in [-0.05, 0) is 31.2 Å². The van der Waals surface area contributed by atoms with Crippen LogP contribution in [0.5, 0.6) is 5.75 Å². The smallest absolute Gasteiger partial charge is 0.123 e. The summed E-state index contributed by atoms with van der Waals surface area (Å²) in [7, 11) is 2.11. The van der Waals surface area contributed by atoms with Crippen LogP contribution < -0.4 is 4.74 Å². The molecule has 1 aromatic heterocycles. The van der Waals surface area contributed by atoms with Gasteiger partial charge in [-0.25, -0.2) is 4.98 Å². The molecule has 3 rings (SSSR count). The molecule has 1 aromatic carbocycles. The molecule has 0 saturated heterocycles. The molecule has 100 valence electrons. The van der Waals surface area contributed by atoms with Gasteiger partial charge in [0.05, 0.1) is 6.54 Å². The molecule has 19 heavy (non-hydrogen) atoms. The number of imidazole rings is 1. The van der Waals surface area contributed by atoms with Crippen molar-refractivity contribution in [2.75, 3.05) is 7.05 Å². The van der Waals surface area contributed by atoms with E-state index in [0.717, 1.165) is 31.1 Å². The largest absolute Gasteiger partial charge is 0.490 e. The van der Waals surface area contributed by atoms with Crippen LogP contribution in [-0.4, -0.2) is 28.0 Å². The van der Waals surface area contributed by atoms with Crippen molar-refractivity contribution in [2.24, 2.45) is 0 Å². The lowest BCUT2D eigenvalue weighted by molar-refractivity contribution is 0.254. The van der Waals surface area contributed by atoms with E-state index in [2.05, 4.69) is 47.0 Å². The Labute approximate surface area is 113 Å². The quantitative estimate of drug-likeness (QED) is 0.914. The summed E-state index contributed by atoms with van der Waals surface area (Å²) in [6, 6.07) is 6.50. The molecule has 4 nitrogen and oxygen atoms in total. The minimum absolute atomic E-state index is 0.311. The van der Waals surface area contributed by atoms with Gasteiger partial charge in [0.15, 0.2) is 0 Å². The second kappa shape index (κ2) is 5.05. The fourth-order valence-electron chi connectivity index (χ4n) is 2.58. The van der Waals surface area contributed by atoms with Gasteiger partial charge in [0.25, 0.3) is 0 Å². The molecule has 1 atom stereocenters. The molecule has 2 heterocycles. The molecular formula is C15H19N3O. The topological polar surface area (TPSA) is 41.2 Å². The first-order valence-electron chi connectivity index (χ1n) is 6.66. The van der Waals surface area contributed by atoms with Gasteiger partial charge in [-0.1, -0.05) is 12.1 Å². The van der Waals surface area contributed by atoms with E-state index in [1.165, 1.54) is 11.1 Å². The van der Waals surface area contributed by atoms with E-state index in [1.807, 2.05) is 6.20 Å². The van der Waals surface area contributed by atoms with E-state index in [9.17, 15) is 0 Å². The van der Waals surface area contributed by atoms with Crippen LogP contribution in [0, 0.1) is 0 Å². The van der Waals surface area contributed by atoms with Gasteiger partial charge in [0.2, 0.25) is 0 Å². The Morgan fingerprint density at radius 3 is 3.11 bits per heavy atom. The molecule has 0 unspecified atom stereocenters. The Balaban J connectivity index is 1.65. The lowest BCUT2D eigenvalue weighted by Gasteiger charge is -2.15. The third kappa shape index (κ3) is 2.79. The number of H-pyrrole nitrogens is 1. The van der Waals surface area contributed by atoms with E-state index in [-0.39, 0.29) is 0 Å². The zero-order valence-corrected chi connectivity index (χ0v) is 11.4. The van der Waals surface area contributed by atoms with Crippen LogP contribution in [0.2, 0.25) is 0 Å². The molecule has 0 spiro atoms. The van der Waals surface area contributed by atoms with Gasteiger partial charge in [0, 0.05) is 25.4 Å². The van der Waals surface area contributed by atoms with Gasteiger partial charge >= 0.3 is 0 Å². The van der Waals surface area contributed by atoms with Crippen LogP contribution in [-0.2, 0) is 19.5 Å². The normalized spacial score (nSPS) is 17.5. The van der Waals surface area contributed by atoms with Crippen molar-refractivity contribution in [3.8, 4) is 5.75 Å². The van der Waals surface area contributed by atoms with E-state index in [0.29, 0.717) is 6.10 Å². The summed E-state index contributed by atoms with van der Waals surface area (Å²) in [5.41, 5.74) is 2.65. The average molecular weight is 257 g/mol. The fourth-order valence-corrected chi connectivity index (χ4v) is 2.58. The fraction of sp³-hybridized carbons (Fsp3) is 0.400. The molecule has 4 heteroatoms. The first-order chi connectivity index (χ1) is 9.20. The van der Waals surface area contributed by atoms with Crippen LogP contribution in [0.25, 0.3) is 0 Å². The number of nitrogens with zero attached hydrogens (tertiary/aromatic N) is 2. The van der Waals surface area contributed by atoms with Crippen LogP contribution in [0.15, 0.2) is 30.6 Å². The Morgan fingerprint density at radius 1 is 1.42 bits per heavy atom. The number of fused-ring (bicyclic) bond motifs is 1. The maximum Gasteiger partial charge on any atom is 0.123 e. The van der Waals surface area contributed by atoms with Gasteiger partial charge in [-0.2, -0.15) is 0 Å². The number of benzene rings is 1. The van der Waals surface area contributed by atoms with E-state index in [4.69, 9.17) is 4.74 Å². The predicted octanol–water partition coefficient (Wildman–Crippen LogP) is 2.37. The number of nitrogens with one attached hydrogen (secondary N) is 1. The maximum atomic E-state index is 5.72. The standard InChI is InChI=1S/C15H19N3O/c1-11-7-13-8-12(3-4-14(13)19-11)9-18(2)10-15-16-5-6-17-15/h3-6,8,11H,7,9-10H2,1-2H3,(H,16,17)/t11-/m0/s1. The second-order valence-electron chi connectivity index (χ2n) is 5.28. The van der Waals surface area contributed by atoms with E-state index in [1.54, 1.807) is 6.20 Å². The molecule has 0 bridgehead atoms. The first kappa shape index (κ1) is 12.2. The molecule has 0 amide bonds. The summed E-state index contributed by atoms with van der Waals surface area (Å²) >= 11 is 0. The highest BCUT2D eigenvalue weighted by atomic mass is 16.5. The summed E-state index contributed by atoms with van der Waals surface area (Å²) in [6.45, 7) is 3.86. The number of aromatic amines is 1. The van der Waals surface area contributed by atoms with Crippen molar-refractivity contribution < 1.29 is 4.74 Å². The van der Waals surface area contributed by atoms with Crippen molar-refractivity contribution >= 4 is 0 Å². The summed E-state index contributed by atoms with van der Waals surface area (Å²) in [4.78, 5) is 9.63. The highest BCUT2D eigenvalue weighted by Gasteiger charge is 2.19. The zero-order valence-electron chi connectivity index (χ0n) is 11.4. The average Bonchev–Trinajstić information content (AvgIpc) is 2.96. The Bertz CT molecular complexity index is 551. The maximum absolute atomic E-state index is 5.72. The highest BCUT2D eigenvalue weighted by molar-refractivity contribution is 5.40. The van der Waals surface area contributed by atoms with Crippen molar-refractivity contribution in [3.63, 3.8) is 0 Å². The number of rotatable bonds is 4. The minimum Gasteiger partial charge on any atom is -0.490 e. The second-order valence-corrected chi connectivity index (χ2v) is 5.28. The highest BCUT2D eigenvalue weighted by Crippen LogP contribution is 2.29. The molecule has 1 aliphatic rings. The van der Waals surface area contributed by atoms with Gasteiger partial charge in [-0.3, -0.25) is 4.90 Å². The summed E-state index contributed by atoms with van der Waals surface area (Å²) in [5, 5.41) is 0. The van der Waals surface area contributed by atoms with E-state index < -0.39 is 0 Å². The molecule has 1 aliphatic heterocycles. The third-order valence-corrected chi connectivity index (χ3v) is 3.39. The number of hydrogen-bond donors (Lipinski definition) is 1. The Hall–Kier alpha value is -1.81. The summed E-state index contributed by atoms with van der Waals surface area (Å²) in [5.74, 6) is 2.05. The molecular weight excluding hydrogens is 238 g/mol. The van der Waals surface area contributed by atoms with Crippen molar-refractivity contribution in [3.05, 3.63) is 47.5 Å². The monoisotopic (exact) mass is 257 g/mol. The van der Waals surface area contributed by atoms with Gasteiger partial charge in [-0.15, -0.1) is 0 Å². The first-order valence-corrected chi connectivity index (χ1v) is 6.66. The lowest BCUT2D eigenvalue weighted by Crippen LogP contribution is -2.18. The molecule has 1 N–H and O–H groups in total. The van der Waals surface area contributed by atoms with Crippen LogP contribution in [0.3, 0.4) is 0 Å². The van der Waals surface area contributed by atoms with Crippen molar-refractivity contribution in [2.45, 2.75) is 32.5 Å². The van der Waals surface area contributed by atoms with Crippen molar-refractivity contribution in [1.29, 1.82) is 0 Å². The van der Waals surface area contributed by atoms with Gasteiger partial charge < -0.3 is 9.72 Å². The summed E-state index contributed by atoms with van der Waals surface area (Å²) < 4.78 is 5.72. The zero-order chi connectivity index (χ0) is 13.2. The molecule has 0 saturated carbocycles. The Morgan fingerprint density at radius 2 is 2.32 bits per heavy atom. The molecule has 0 aliphatic carbocycles.